The molecule has 1 aromatic carbocycles. The van der Waals surface area contributed by atoms with Gasteiger partial charge in [-0.25, -0.2) is 4.79 Å². The molecule has 7 heteroatoms. The van der Waals surface area contributed by atoms with Crippen LogP contribution in [0.25, 0.3) is 0 Å². The van der Waals surface area contributed by atoms with E-state index >= 15 is 0 Å². The van der Waals surface area contributed by atoms with Crippen LogP contribution in [-0.4, -0.2) is 59.5 Å². The Hall–Kier alpha value is -2.54. The standard InChI is InChI=1S/C18H26N6O/c1-15(19-18(25)20-17-8-9-22(2)21-17)14-23-10-12-24(13-11-23)16-6-4-3-5-7-16/h3-9,15H,10-14H2,1-2H3,(H2,19,20,21,25). The van der Waals surface area contributed by atoms with Crippen molar-refractivity contribution in [2.24, 2.45) is 7.05 Å². The van der Waals surface area contributed by atoms with E-state index in [1.807, 2.05) is 20.0 Å². The Balaban J connectivity index is 1.40. The molecule has 1 saturated heterocycles. The number of anilines is 2. The molecule has 1 atom stereocenters. The lowest BCUT2D eigenvalue weighted by atomic mass is 10.2. The molecule has 1 aliphatic rings. The predicted molar refractivity (Wildman–Crippen MR) is 99.9 cm³/mol. The zero-order chi connectivity index (χ0) is 17.6. The van der Waals surface area contributed by atoms with Gasteiger partial charge in [0, 0.05) is 63.8 Å². The number of benzene rings is 1. The van der Waals surface area contributed by atoms with Crippen LogP contribution < -0.4 is 15.5 Å². The summed E-state index contributed by atoms with van der Waals surface area (Å²) in [7, 11) is 1.82. The van der Waals surface area contributed by atoms with Gasteiger partial charge >= 0.3 is 6.03 Å². The number of carbonyl (C=O) groups is 1. The lowest BCUT2D eigenvalue weighted by Crippen LogP contribution is -2.51. The maximum Gasteiger partial charge on any atom is 0.320 e. The zero-order valence-electron chi connectivity index (χ0n) is 14.9. The molecule has 1 unspecified atom stereocenters. The monoisotopic (exact) mass is 342 g/mol. The number of nitrogens with one attached hydrogen (secondary N) is 2. The number of nitrogens with zero attached hydrogens (tertiary/aromatic N) is 4. The van der Waals surface area contributed by atoms with Crippen LogP contribution in [0.3, 0.4) is 0 Å². The fourth-order valence-electron chi connectivity index (χ4n) is 3.12. The second-order valence-corrected chi connectivity index (χ2v) is 6.50. The van der Waals surface area contributed by atoms with Crippen molar-refractivity contribution in [3.8, 4) is 0 Å². The van der Waals surface area contributed by atoms with Crippen molar-refractivity contribution in [3.63, 3.8) is 0 Å². The number of piperazine rings is 1. The smallest absolute Gasteiger partial charge is 0.320 e. The predicted octanol–water partition coefficient (Wildman–Crippen LogP) is 1.75. The van der Waals surface area contributed by atoms with Gasteiger partial charge in [-0.3, -0.25) is 14.9 Å². The third kappa shape index (κ3) is 4.96. The molecular formula is C18H26N6O. The minimum absolute atomic E-state index is 0.0759. The molecule has 0 spiro atoms. The highest BCUT2D eigenvalue weighted by atomic mass is 16.2. The van der Waals surface area contributed by atoms with Crippen LogP contribution in [0, 0.1) is 0 Å². The van der Waals surface area contributed by atoms with E-state index in [-0.39, 0.29) is 12.1 Å². The fraction of sp³-hybridized carbons (Fsp3) is 0.444. The summed E-state index contributed by atoms with van der Waals surface area (Å²) in [4.78, 5) is 16.8. The Labute approximate surface area is 148 Å². The molecule has 1 aliphatic heterocycles. The van der Waals surface area contributed by atoms with Crippen LogP contribution >= 0.6 is 0 Å². The topological polar surface area (TPSA) is 65.4 Å². The molecule has 2 aromatic rings. The Morgan fingerprint density at radius 2 is 1.88 bits per heavy atom. The number of para-hydroxylation sites is 1. The first-order valence-electron chi connectivity index (χ1n) is 8.69. The third-order valence-corrected chi connectivity index (χ3v) is 4.36. The maximum absolute atomic E-state index is 12.0. The molecule has 25 heavy (non-hydrogen) atoms. The van der Waals surface area contributed by atoms with Gasteiger partial charge in [0.1, 0.15) is 0 Å². The number of amides is 2. The molecule has 2 heterocycles. The van der Waals surface area contributed by atoms with Gasteiger partial charge in [-0.2, -0.15) is 5.10 Å². The van der Waals surface area contributed by atoms with Crippen LogP contribution in [0.2, 0.25) is 0 Å². The summed E-state index contributed by atoms with van der Waals surface area (Å²) in [6.45, 7) is 6.90. The Morgan fingerprint density at radius 3 is 2.52 bits per heavy atom. The first-order valence-corrected chi connectivity index (χ1v) is 8.69. The lowest BCUT2D eigenvalue weighted by Gasteiger charge is -2.37. The number of hydrogen-bond acceptors (Lipinski definition) is 4. The minimum atomic E-state index is -0.214. The number of urea groups is 1. The lowest BCUT2D eigenvalue weighted by molar-refractivity contribution is 0.224. The van der Waals surface area contributed by atoms with Gasteiger partial charge in [-0.05, 0) is 19.1 Å². The average Bonchev–Trinajstić information content (AvgIpc) is 3.01. The van der Waals surface area contributed by atoms with E-state index in [4.69, 9.17) is 0 Å². The highest BCUT2D eigenvalue weighted by molar-refractivity contribution is 5.88. The molecule has 0 aliphatic carbocycles. The molecule has 134 valence electrons. The Kier molecular flexibility index (Phi) is 5.55. The van der Waals surface area contributed by atoms with Gasteiger partial charge in [-0.1, -0.05) is 18.2 Å². The van der Waals surface area contributed by atoms with Gasteiger partial charge in [0.05, 0.1) is 0 Å². The molecule has 3 rings (SSSR count). The van der Waals surface area contributed by atoms with Gasteiger partial charge in [0.2, 0.25) is 0 Å². The molecule has 2 amide bonds. The quantitative estimate of drug-likeness (QED) is 0.869. The normalized spacial score (nSPS) is 16.5. The number of aryl methyl sites for hydroxylation is 1. The molecular weight excluding hydrogens is 316 g/mol. The van der Waals surface area contributed by atoms with Crippen molar-refractivity contribution in [1.82, 2.24) is 20.0 Å². The van der Waals surface area contributed by atoms with E-state index in [1.54, 1.807) is 16.9 Å². The second kappa shape index (κ2) is 8.02. The van der Waals surface area contributed by atoms with Crippen molar-refractivity contribution < 1.29 is 4.79 Å². The summed E-state index contributed by atoms with van der Waals surface area (Å²) in [5, 5.41) is 9.86. The van der Waals surface area contributed by atoms with Gasteiger partial charge in [0.25, 0.3) is 0 Å². The number of aromatic nitrogens is 2. The molecule has 1 aromatic heterocycles. The average molecular weight is 342 g/mol. The van der Waals surface area contributed by atoms with Crippen molar-refractivity contribution in [3.05, 3.63) is 42.6 Å². The zero-order valence-corrected chi connectivity index (χ0v) is 14.9. The highest BCUT2D eigenvalue weighted by Gasteiger charge is 2.19. The summed E-state index contributed by atoms with van der Waals surface area (Å²) in [6, 6.07) is 12.1. The van der Waals surface area contributed by atoms with Crippen LogP contribution in [0.5, 0.6) is 0 Å². The van der Waals surface area contributed by atoms with E-state index in [9.17, 15) is 4.79 Å². The Morgan fingerprint density at radius 1 is 1.16 bits per heavy atom. The molecule has 7 nitrogen and oxygen atoms in total. The van der Waals surface area contributed by atoms with Crippen molar-refractivity contribution in [1.29, 1.82) is 0 Å². The van der Waals surface area contributed by atoms with E-state index in [0.29, 0.717) is 5.82 Å². The van der Waals surface area contributed by atoms with E-state index in [2.05, 4.69) is 49.8 Å². The van der Waals surface area contributed by atoms with Crippen LogP contribution in [0.1, 0.15) is 6.92 Å². The fourth-order valence-corrected chi connectivity index (χ4v) is 3.12. The Bertz CT molecular complexity index is 678. The molecule has 2 N–H and O–H groups in total. The molecule has 0 bridgehead atoms. The molecule has 1 fully saturated rings. The van der Waals surface area contributed by atoms with Crippen LogP contribution in [0.15, 0.2) is 42.6 Å². The first kappa shape index (κ1) is 17.3. The molecule has 0 saturated carbocycles. The van der Waals surface area contributed by atoms with Crippen LogP contribution in [0.4, 0.5) is 16.3 Å². The SMILES string of the molecule is CC(CN1CCN(c2ccccc2)CC1)NC(=O)Nc1ccn(C)n1. The summed E-state index contributed by atoms with van der Waals surface area (Å²) < 4.78 is 1.66. The maximum atomic E-state index is 12.0. The van der Waals surface area contributed by atoms with E-state index in [1.165, 1.54) is 5.69 Å². The number of carbonyl (C=O) groups excluding carboxylic acids is 1. The highest BCUT2D eigenvalue weighted by Crippen LogP contribution is 2.15. The molecule has 0 radical (unpaired) electrons. The van der Waals surface area contributed by atoms with E-state index < -0.39 is 0 Å². The summed E-state index contributed by atoms with van der Waals surface area (Å²) in [5.41, 5.74) is 1.28. The van der Waals surface area contributed by atoms with Gasteiger partial charge < -0.3 is 10.2 Å². The first-order chi connectivity index (χ1) is 12.1. The van der Waals surface area contributed by atoms with Gasteiger partial charge in [0.15, 0.2) is 5.82 Å². The third-order valence-electron chi connectivity index (χ3n) is 4.36. The number of hydrogen-bond donors (Lipinski definition) is 2. The van der Waals surface area contributed by atoms with Crippen molar-refractivity contribution in [2.45, 2.75) is 13.0 Å². The van der Waals surface area contributed by atoms with Crippen LogP contribution in [-0.2, 0) is 7.05 Å². The number of rotatable bonds is 5. The van der Waals surface area contributed by atoms with Crippen molar-refractivity contribution in [2.75, 3.05) is 42.9 Å². The summed E-state index contributed by atoms with van der Waals surface area (Å²) in [5.74, 6) is 0.559. The largest absolute Gasteiger partial charge is 0.369 e. The summed E-state index contributed by atoms with van der Waals surface area (Å²) >= 11 is 0. The van der Waals surface area contributed by atoms with Crippen molar-refractivity contribution >= 4 is 17.5 Å². The second-order valence-electron chi connectivity index (χ2n) is 6.50. The minimum Gasteiger partial charge on any atom is -0.369 e. The summed E-state index contributed by atoms with van der Waals surface area (Å²) in [6.07, 6.45) is 1.80. The van der Waals surface area contributed by atoms with Gasteiger partial charge in [-0.15, -0.1) is 0 Å². The van der Waals surface area contributed by atoms with E-state index in [0.717, 1.165) is 32.7 Å².